The van der Waals surface area contributed by atoms with Gasteiger partial charge < -0.3 is 5.11 Å². The number of aliphatic hydroxyl groups is 1. The molecule has 0 spiro atoms. The van der Waals surface area contributed by atoms with Crippen molar-refractivity contribution in [2.75, 3.05) is 0 Å². The first-order chi connectivity index (χ1) is 7.27. The van der Waals surface area contributed by atoms with Crippen LogP contribution < -0.4 is 0 Å². The number of thiophene rings is 1. The summed E-state index contributed by atoms with van der Waals surface area (Å²) in [7, 11) is 0. The molecule has 0 radical (unpaired) electrons. The average Bonchev–Trinajstić information content (AvgIpc) is 2.83. The van der Waals surface area contributed by atoms with Crippen LogP contribution in [0.15, 0.2) is 29.6 Å². The highest BCUT2D eigenvalue weighted by Gasteiger charge is 2.39. The normalized spacial score (nSPS) is 26.8. The van der Waals surface area contributed by atoms with E-state index in [0.29, 0.717) is 11.8 Å². The summed E-state index contributed by atoms with van der Waals surface area (Å²) in [6.45, 7) is 2.21. The van der Waals surface area contributed by atoms with Crippen LogP contribution in [0.5, 0.6) is 0 Å². The molecular weight excluding hydrogens is 204 g/mol. The van der Waals surface area contributed by atoms with Gasteiger partial charge in [0.1, 0.15) is 0 Å². The molecule has 2 heteroatoms. The molecule has 2 aromatic rings. The van der Waals surface area contributed by atoms with Crippen molar-refractivity contribution >= 4 is 21.4 Å². The Morgan fingerprint density at radius 3 is 2.87 bits per heavy atom. The van der Waals surface area contributed by atoms with Gasteiger partial charge in [-0.2, -0.15) is 0 Å². The number of hydrogen-bond donors (Lipinski definition) is 1. The van der Waals surface area contributed by atoms with E-state index in [4.69, 9.17) is 0 Å². The van der Waals surface area contributed by atoms with Gasteiger partial charge in [0, 0.05) is 4.70 Å². The Hall–Kier alpha value is -0.860. The summed E-state index contributed by atoms with van der Waals surface area (Å²) in [4.78, 5) is 0. The van der Waals surface area contributed by atoms with Crippen LogP contribution in [0.3, 0.4) is 0 Å². The van der Waals surface area contributed by atoms with E-state index in [9.17, 15) is 5.11 Å². The zero-order valence-electron chi connectivity index (χ0n) is 8.68. The Balaban J connectivity index is 2.03. The summed E-state index contributed by atoms with van der Waals surface area (Å²) in [5, 5.41) is 13.6. The van der Waals surface area contributed by atoms with Crippen molar-refractivity contribution in [3.8, 4) is 0 Å². The molecule has 0 amide bonds. The predicted octanol–water partition coefficient (Wildman–Crippen LogP) is 3.59. The molecule has 1 saturated carbocycles. The van der Waals surface area contributed by atoms with E-state index in [1.54, 1.807) is 11.3 Å². The fraction of sp³-hybridized carbons (Fsp3) is 0.385. The van der Waals surface area contributed by atoms with E-state index < -0.39 is 0 Å². The Morgan fingerprint density at radius 2 is 2.13 bits per heavy atom. The topological polar surface area (TPSA) is 20.2 Å². The van der Waals surface area contributed by atoms with Gasteiger partial charge in [-0.1, -0.05) is 25.1 Å². The maximum absolute atomic E-state index is 10.2. The van der Waals surface area contributed by atoms with Gasteiger partial charge in [0.05, 0.1) is 6.10 Å². The number of rotatable bonds is 2. The Labute approximate surface area is 93.4 Å². The van der Waals surface area contributed by atoms with Crippen molar-refractivity contribution in [2.24, 2.45) is 11.8 Å². The first-order valence-corrected chi connectivity index (χ1v) is 6.29. The summed E-state index contributed by atoms with van der Waals surface area (Å²) in [6.07, 6.45) is 0.918. The smallest absolute Gasteiger partial charge is 0.0834 e. The molecule has 3 unspecified atom stereocenters. The van der Waals surface area contributed by atoms with Gasteiger partial charge in [0.25, 0.3) is 0 Å². The maximum atomic E-state index is 10.2. The quantitative estimate of drug-likeness (QED) is 0.816. The third-order valence-corrected chi connectivity index (χ3v) is 4.39. The van der Waals surface area contributed by atoms with Crippen molar-refractivity contribution < 1.29 is 5.11 Å². The van der Waals surface area contributed by atoms with Crippen LogP contribution in [-0.2, 0) is 0 Å². The third kappa shape index (κ3) is 1.48. The fourth-order valence-electron chi connectivity index (χ4n) is 2.25. The Morgan fingerprint density at radius 1 is 1.40 bits per heavy atom. The lowest BCUT2D eigenvalue weighted by molar-refractivity contribution is 0.150. The number of benzene rings is 1. The molecule has 1 nitrogen and oxygen atoms in total. The zero-order valence-corrected chi connectivity index (χ0v) is 9.50. The van der Waals surface area contributed by atoms with Crippen molar-refractivity contribution in [1.29, 1.82) is 0 Å². The van der Waals surface area contributed by atoms with Crippen LogP contribution >= 0.6 is 11.3 Å². The maximum Gasteiger partial charge on any atom is 0.0834 e. The van der Waals surface area contributed by atoms with E-state index in [-0.39, 0.29) is 6.10 Å². The molecule has 1 aliphatic carbocycles. The van der Waals surface area contributed by atoms with E-state index in [1.807, 2.05) is 6.07 Å². The summed E-state index contributed by atoms with van der Waals surface area (Å²) in [5.74, 6) is 1.18. The lowest BCUT2D eigenvalue weighted by atomic mass is 10.0. The van der Waals surface area contributed by atoms with Crippen LogP contribution in [-0.4, -0.2) is 5.11 Å². The van der Waals surface area contributed by atoms with Gasteiger partial charge >= 0.3 is 0 Å². The second-order valence-electron chi connectivity index (χ2n) is 4.51. The lowest BCUT2D eigenvalue weighted by Gasteiger charge is -2.08. The second kappa shape index (κ2) is 3.32. The van der Waals surface area contributed by atoms with Crippen molar-refractivity contribution in [1.82, 2.24) is 0 Å². The summed E-state index contributed by atoms with van der Waals surface area (Å²) >= 11 is 1.73. The van der Waals surface area contributed by atoms with Crippen LogP contribution in [0, 0.1) is 11.8 Å². The fourth-order valence-corrected chi connectivity index (χ4v) is 3.24. The van der Waals surface area contributed by atoms with Gasteiger partial charge in [-0.15, -0.1) is 11.3 Å². The van der Waals surface area contributed by atoms with E-state index >= 15 is 0 Å². The monoisotopic (exact) mass is 218 g/mol. The molecule has 1 aliphatic rings. The number of hydrogen-bond acceptors (Lipinski definition) is 2. The summed E-state index contributed by atoms with van der Waals surface area (Å²) < 4.78 is 1.28. The average molecular weight is 218 g/mol. The SMILES string of the molecule is CC1CC1C(O)c1csc2ccccc12. The van der Waals surface area contributed by atoms with Gasteiger partial charge in [-0.05, 0) is 40.7 Å². The van der Waals surface area contributed by atoms with Crippen molar-refractivity contribution in [2.45, 2.75) is 19.4 Å². The second-order valence-corrected chi connectivity index (χ2v) is 5.42. The van der Waals surface area contributed by atoms with Gasteiger partial charge in [0.2, 0.25) is 0 Å². The lowest BCUT2D eigenvalue weighted by Crippen LogP contribution is -1.99. The highest BCUT2D eigenvalue weighted by molar-refractivity contribution is 7.17. The summed E-state index contributed by atoms with van der Waals surface area (Å²) in [5.41, 5.74) is 1.13. The zero-order chi connectivity index (χ0) is 10.4. The molecule has 1 heterocycles. The number of aliphatic hydroxyl groups excluding tert-OH is 1. The molecule has 78 valence electrons. The summed E-state index contributed by atoms with van der Waals surface area (Å²) in [6, 6.07) is 8.32. The molecule has 15 heavy (non-hydrogen) atoms. The first-order valence-electron chi connectivity index (χ1n) is 5.41. The minimum atomic E-state index is -0.254. The standard InChI is InChI=1S/C13H14OS/c1-8-6-10(8)13(14)11-7-15-12-5-3-2-4-9(11)12/h2-5,7-8,10,13-14H,6H2,1H3. The van der Waals surface area contributed by atoms with Crippen LogP contribution in [0.2, 0.25) is 0 Å². The number of fused-ring (bicyclic) bond motifs is 1. The molecule has 0 saturated heterocycles. The molecule has 1 aromatic heterocycles. The van der Waals surface area contributed by atoms with Crippen molar-refractivity contribution in [3.63, 3.8) is 0 Å². The van der Waals surface area contributed by atoms with Crippen molar-refractivity contribution in [3.05, 3.63) is 35.2 Å². The van der Waals surface area contributed by atoms with Gasteiger partial charge in [-0.3, -0.25) is 0 Å². The van der Waals surface area contributed by atoms with Gasteiger partial charge in [-0.25, -0.2) is 0 Å². The molecule has 0 bridgehead atoms. The molecule has 3 atom stereocenters. The van der Waals surface area contributed by atoms with E-state index in [0.717, 1.165) is 5.56 Å². The molecule has 1 aromatic carbocycles. The Kier molecular flexibility index (Phi) is 2.08. The van der Waals surface area contributed by atoms with Crippen LogP contribution in [0.4, 0.5) is 0 Å². The van der Waals surface area contributed by atoms with Crippen LogP contribution in [0.25, 0.3) is 10.1 Å². The minimum absolute atomic E-state index is 0.254. The molecular formula is C13H14OS. The largest absolute Gasteiger partial charge is 0.388 e. The highest BCUT2D eigenvalue weighted by atomic mass is 32.1. The predicted molar refractivity (Wildman–Crippen MR) is 64.1 cm³/mol. The third-order valence-electron chi connectivity index (χ3n) is 3.41. The highest BCUT2D eigenvalue weighted by Crippen LogP contribution is 2.48. The van der Waals surface area contributed by atoms with Crippen LogP contribution in [0.1, 0.15) is 25.0 Å². The van der Waals surface area contributed by atoms with Gasteiger partial charge in [0.15, 0.2) is 0 Å². The van der Waals surface area contributed by atoms with E-state index in [2.05, 4.69) is 30.5 Å². The molecule has 3 rings (SSSR count). The van der Waals surface area contributed by atoms with E-state index in [1.165, 1.54) is 16.5 Å². The first kappa shape index (κ1) is 9.37. The molecule has 1 fully saturated rings. The Bertz CT molecular complexity index is 488. The molecule has 0 aliphatic heterocycles. The molecule has 1 N–H and O–H groups in total. The minimum Gasteiger partial charge on any atom is -0.388 e.